The molecule has 0 fully saturated rings. The molecule has 170 valence electrons. The van der Waals surface area contributed by atoms with Gasteiger partial charge in [-0.05, 0) is 40.3 Å². The molecular weight excluding hydrogens is 434 g/mol. The van der Waals surface area contributed by atoms with Gasteiger partial charge in [0.1, 0.15) is 6.54 Å². The molecule has 0 saturated heterocycles. The molecule has 0 bridgehead atoms. The molecule has 1 atom stereocenters. The van der Waals surface area contributed by atoms with Gasteiger partial charge in [0.2, 0.25) is 0 Å². The summed E-state index contributed by atoms with van der Waals surface area (Å²) in [6, 6.07) is 21.8. The number of carbonyl (C=O) groups excluding carboxylic acids is 1. The van der Waals surface area contributed by atoms with Crippen molar-refractivity contribution in [3.05, 3.63) is 87.8 Å². The van der Waals surface area contributed by atoms with E-state index >= 15 is 0 Å². The number of benzene rings is 3. The van der Waals surface area contributed by atoms with Gasteiger partial charge >= 0.3 is 5.69 Å². The van der Waals surface area contributed by atoms with E-state index in [2.05, 4.69) is 35.4 Å². The minimum atomic E-state index is -0.287. The molecule has 6 heteroatoms. The maximum atomic E-state index is 13.1. The third kappa shape index (κ3) is 5.09. The molecule has 1 unspecified atom stereocenters. The number of hydrogen-bond donors (Lipinski definition) is 0. The Hall–Kier alpha value is -3.18. The van der Waals surface area contributed by atoms with Gasteiger partial charge in [0.15, 0.2) is 11.6 Å². The molecule has 5 nitrogen and oxygen atoms in total. The smallest absolute Gasteiger partial charge is 0.298 e. The summed E-state index contributed by atoms with van der Waals surface area (Å²) >= 11 is 6.38. The van der Waals surface area contributed by atoms with Crippen molar-refractivity contribution in [2.75, 3.05) is 0 Å². The Bertz CT molecular complexity index is 1350. The quantitative estimate of drug-likeness (QED) is 0.326. The van der Waals surface area contributed by atoms with Crippen molar-refractivity contribution >= 4 is 28.2 Å². The normalized spacial score (nSPS) is 12.4. The van der Waals surface area contributed by atoms with E-state index in [1.807, 2.05) is 51.1 Å². The second-order valence-corrected chi connectivity index (χ2v) is 9.41. The number of halogens is 1. The summed E-state index contributed by atoms with van der Waals surface area (Å²) in [6.45, 7) is 6.56. The first-order valence-corrected chi connectivity index (χ1v) is 11.6. The van der Waals surface area contributed by atoms with Crippen molar-refractivity contribution in [3.63, 3.8) is 0 Å². The Balaban J connectivity index is 1.57. The zero-order valence-corrected chi connectivity index (χ0v) is 19.9. The van der Waals surface area contributed by atoms with Gasteiger partial charge in [0, 0.05) is 18.5 Å². The first-order valence-electron chi connectivity index (χ1n) is 11.3. The first-order chi connectivity index (χ1) is 15.8. The Kier molecular flexibility index (Phi) is 6.80. The van der Waals surface area contributed by atoms with Crippen molar-refractivity contribution in [1.82, 2.24) is 14.3 Å². The van der Waals surface area contributed by atoms with Gasteiger partial charge in [0.05, 0.1) is 5.02 Å². The third-order valence-corrected chi connectivity index (χ3v) is 6.12. The predicted molar refractivity (Wildman–Crippen MR) is 134 cm³/mol. The first kappa shape index (κ1) is 23.0. The summed E-state index contributed by atoms with van der Waals surface area (Å²) in [7, 11) is 0. The van der Waals surface area contributed by atoms with E-state index in [1.165, 1.54) is 10.1 Å². The molecule has 3 aromatic carbocycles. The molecule has 0 saturated carbocycles. The van der Waals surface area contributed by atoms with Gasteiger partial charge in [-0.1, -0.05) is 87.0 Å². The van der Waals surface area contributed by atoms with Gasteiger partial charge in [-0.3, -0.25) is 9.36 Å². The standard InChI is InChI=1S/C27H28ClN3O2/c1-18(2)16-30-26(24-10-6-7-11-25(24)28)29-31(27(30)33)17-23(32)14-19(3)21-13-12-20-8-4-5-9-22(20)15-21/h4-13,15,18-19H,14,16-17H2,1-3H3. The average molecular weight is 462 g/mol. The van der Waals surface area contributed by atoms with Gasteiger partial charge in [-0.25, -0.2) is 9.48 Å². The average Bonchev–Trinajstić information content (AvgIpc) is 3.08. The van der Waals surface area contributed by atoms with Crippen molar-refractivity contribution in [1.29, 1.82) is 0 Å². The van der Waals surface area contributed by atoms with E-state index < -0.39 is 0 Å². The van der Waals surface area contributed by atoms with Crippen LogP contribution < -0.4 is 5.69 Å². The number of Topliss-reactive ketones (excluding diaryl/α,β-unsaturated/α-hetero) is 1. The van der Waals surface area contributed by atoms with Crippen LogP contribution in [0.1, 0.15) is 38.7 Å². The fourth-order valence-electron chi connectivity index (χ4n) is 4.12. The van der Waals surface area contributed by atoms with Gasteiger partial charge in [-0.15, -0.1) is 5.10 Å². The van der Waals surface area contributed by atoms with E-state index in [-0.39, 0.29) is 29.9 Å². The monoisotopic (exact) mass is 461 g/mol. The Labute approximate surface area is 198 Å². The fraction of sp³-hybridized carbons (Fsp3) is 0.296. The summed E-state index contributed by atoms with van der Waals surface area (Å²) < 4.78 is 2.89. The lowest BCUT2D eigenvalue weighted by Gasteiger charge is -2.12. The second kappa shape index (κ2) is 9.75. The fourth-order valence-corrected chi connectivity index (χ4v) is 4.34. The molecule has 4 aromatic rings. The molecule has 1 heterocycles. The summed E-state index contributed by atoms with van der Waals surface area (Å²) in [5, 5.41) is 7.37. The number of fused-ring (bicyclic) bond motifs is 1. The largest absolute Gasteiger partial charge is 0.346 e. The number of ketones is 1. The van der Waals surface area contributed by atoms with Crippen molar-refractivity contribution in [3.8, 4) is 11.4 Å². The summed E-state index contributed by atoms with van der Waals surface area (Å²) in [6.07, 6.45) is 0.337. The zero-order chi connectivity index (χ0) is 23.5. The molecule has 0 radical (unpaired) electrons. The van der Waals surface area contributed by atoms with Crippen LogP contribution in [0.5, 0.6) is 0 Å². The lowest BCUT2D eigenvalue weighted by molar-refractivity contribution is -0.120. The van der Waals surface area contributed by atoms with Crippen LogP contribution in [0.3, 0.4) is 0 Å². The second-order valence-electron chi connectivity index (χ2n) is 9.00. The molecule has 0 amide bonds. The van der Waals surface area contributed by atoms with Crippen LogP contribution in [0.2, 0.25) is 5.02 Å². The minimum absolute atomic E-state index is 0.0299. The van der Waals surface area contributed by atoms with Crippen LogP contribution >= 0.6 is 11.6 Å². The van der Waals surface area contributed by atoms with Crippen LogP contribution in [-0.2, 0) is 17.9 Å². The molecule has 0 spiro atoms. The number of carbonyl (C=O) groups is 1. The van der Waals surface area contributed by atoms with E-state index in [9.17, 15) is 9.59 Å². The third-order valence-electron chi connectivity index (χ3n) is 5.79. The maximum absolute atomic E-state index is 13.1. The minimum Gasteiger partial charge on any atom is -0.298 e. The topological polar surface area (TPSA) is 56.9 Å². The van der Waals surface area contributed by atoms with Crippen LogP contribution in [0.15, 0.2) is 71.5 Å². The zero-order valence-electron chi connectivity index (χ0n) is 19.2. The molecular formula is C27H28ClN3O2. The lowest BCUT2D eigenvalue weighted by atomic mass is 9.93. The Morgan fingerprint density at radius 1 is 0.970 bits per heavy atom. The summed E-state index contributed by atoms with van der Waals surface area (Å²) in [4.78, 5) is 26.0. The highest BCUT2D eigenvalue weighted by Crippen LogP contribution is 2.26. The highest BCUT2D eigenvalue weighted by atomic mass is 35.5. The van der Waals surface area contributed by atoms with Gasteiger partial charge < -0.3 is 0 Å². The van der Waals surface area contributed by atoms with E-state index in [0.717, 1.165) is 10.9 Å². The number of hydrogen-bond acceptors (Lipinski definition) is 3. The molecule has 0 aliphatic carbocycles. The summed E-state index contributed by atoms with van der Waals surface area (Å²) in [5.41, 5.74) is 1.51. The molecule has 0 aliphatic rings. The Morgan fingerprint density at radius 2 is 1.67 bits per heavy atom. The van der Waals surface area contributed by atoms with Gasteiger partial charge in [0.25, 0.3) is 0 Å². The lowest BCUT2D eigenvalue weighted by Crippen LogP contribution is -2.29. The molecule has 0 N–H and O–H groups in total. The molecule has 4 rings (SSSR count). The van der Waals surface area contributed by atoms with Crippen molar-refractivity contribution in [2.45, 2.75) is 46.2 Å². The number of nitrogens with zero attached hydrogens (tertiary/aromatic N) is 3. The SMILES string of the molecule is CC(C)Cn1c(-c2ccccc2Cl)nn(CC(=O)CC(C)c2ccc3ccccc3c2)c1=O. The highest BCUT2D eigenvalue weighted by molar-refractivity contribution is 6.33. The molecule has 0 aliphatic heterocycles. The van der Waals surface area contributed by atoms with Crippen LogP contribution in [0.4, 0.5) is 0 Å². The highest BCUT2D eigenvalue weighted by Gasteiger charge is 2.20. The summed E-state index contributed by atoms with van der Waals surface area (Å²) in [5.74, 6) is 0.746. The van der Waals surface area contributed by atoms with Crippen LogP contribution in [0.25, 0.3) is 22.2 Å². The Morgan fingerprint density at radius 3 is 2.39 bits per heavy atom. The van der Waals surface area contributed by atoms with Crippen molar-refractivity contribution < 1.29 is 4.79 Å². The molecule has 1 aromatic heterocycles. The van der Waals surface area contributed by atoms with E-state index in [0.29, 0.717) is 29.4 Å². The van der Waals surface area contributed by atoms with E-state index in [1.54, 1.807) is 10.6 Å². The number of aromatic nitrogens is 3. The van der Waals surface area contributed by atoms with Gasteiger partial charge in [-0.2, -0.15) is 0 Å². The predicted octanol–water partition coefficient (Wildman–Crippen LogP) is 5.94. The van der Waals surface area contributed by atoms with E-state index in [4.69, 9.17) is 11.6 Å². The van der Waals surface area contributed by atoms with Crippen LogP contribution in [0, 0.1) is 5.92 Å². The van der Waals surface area contributed by atoms with Crippen molar-refractivity contribution in [2.24, 2.45) is 5.92 Å². The van der Waals surface area contributed by atoms with Crippen LogP contribution in [-0.4, -0.2) is 20.1 Å². The molecule has 33 heavy (non-hydrogen) atoms. The maximum Gasteiger partial charge on any atom is 0.346 e. The number of rotatable bonds is 8.